The fourth-order valence-corrected chi connectivity index (χ4v) is 1.72. The highest BCUT2D eigenvalue weighted by Gasteiger charge is 2.17. The second-order valence-corrected chi connectivity index (χ2v) is 4.42. The minimum atomic E-state index is 0.619. The highest BCUT2D eigenvalue weighted by Crippen LogP contribution is 2.22. The van der Waals surface area contributed by atoms with E-state index >= 15 is 0 Å². The highest BCUT2D eigenvalue weighted by molar-refractivity contribution is 5.43. The van der Waals surface area contributed by atoms with E-state index in [0.29, 0.717) is 6.04 Å². The Morgan fingerprint density at radius 3 is 2.81 bits per heavy atom. The van der Waals surface area contributed by atoms with Crippen molar-refractivity contribution in [2.24, 2.45) is 0 Å². The van der Waals surface area contributed by atoms with Crippen LogP contribution >= 0.6 is 0 Å². The van der Waals surface area contributed by atoms with Gasteiger partial charge in [-0.05, 0) is 32.6 Å². The summed E-state index contributed by atoms with van der Waals surface area (Å²) >= 11 is 0. The third-order valence-corrected chi connectivity index (χ3v) is 2.84. The summed E-state index contributed by atoms with van der Waals surface area (Å²) in [5.41, 5.74) is 1.01. The molecule has 0 amide bonds. The van der Waals surface area contributed by atoms with Crippen molar-refractivity contribution in [1.82, 2.24) is 9.97 Å². The van der Waals surface area contributed by atoms with Gasteiger partial charge in [-0.2, -0.15) is 4.98 Å². The SMILES string of the molecule is CCCNc1nc(C)cc(NC2CCC2)n1. The van der Waals surface area contributed by atoms with E-state index in [1.54, 1.807) is 0 Å². The minimum absolute atomic E-state index is 0.619. The van der Waals surface area contributed by atoms with E-state index in [0.717, 1.165) is 30.4 Å². The molecule has 1 aromatic rings. The van der Waals surface area contributed by atoms with Crippen LogP contribution < -0.4 is 10.6 Å². The van der Waals surface area contributed by atoms with Crippen molar-refractivity contribution >= 4 is 11.8 Å². The fourth-order valence-electron chi connectivity index (χ4n) is 1.72. The van der Waals surface area contributed by atoms with Crippen LogP contribution in [0.15, 0.2) is 6.07 Å². The van der Waals surface area contributed by atoms with Crippen LogP contribution in [0.5, 0.6) is 0 Å². The monoisotopic (exact) mass is 220 g/mol. The summed E-state index contributed by atoms with van der Waals surface area (Å²) in [7, 11) is 0. The van der Waals surface area contributed by atoms with Gasteiger partial charge in [0.2, 0.25) is 5.95 Å². The Bertz CT molecular complexity index is 347. The molecule has 0 bridgehead atoms. The van der Waals surface area contributed by atoms with Crippen molar-refractivity contribution in [2.75, 3.05) is 17.2 Å². The van der Waals surface area contributed by atoms with Crippen LogP contribution in [0.25, 0.3) is 0 Å². The summed E-state index contributed by atoms with van der Waals surface area (Å²) in [5, 5.41) is 6.67. The Labute approximate surface area is 96.9 Å². The van der Waals surface area contributed by atoms with Crippen LogP contribution in [0.4, 0.5) is 11.8 Å². The molecular weight excluding hydrogens is 200 g/mol. The van der Waals surface area contributed by atoms with Crippen molar-refractivity contribution in [2.45, 2.75) is 45.6 Å². The van der Waals surface area contributed by atoms with Gasteiger partial charge in [0.25, 0.3) is 0 Å². The predicted octanol–water partition coefficient (Wildman–Crippen LogP) is 2.57. The third kappa shape index (κ3) is 2.84. The number of nitrogens with one attached hydrogen (secondary N) is 2. The summed E-state index contributed by atoms with van der Waals surface area (Å²) in [4.78, 5) is 8.82. The van der Waals surface area contributed by atoms with Crippen molar-refractivity contribution in [1.29, 1.82) is 0 Å². The Hall–Kier alpha value is -1.32. The standard InChI is InChI=1S/C12H20N4/c1-3-7-13-12-14-9(2)8-11(16-12)15-10-5-4-6-10/h8,10H,3-7H2,1-2H3,(H2,13,14,15,16). The summed E-state index contributed by atoms with van der Waals surface area (Å²) < 4.78 is 0. The molecule has 4 nitrogen and oxygen atoms in total. The van der Waals surface area contributed by atoms with Gasteiger partial charge in [0, 0.05) is 24.3 Å². The van der Waals surface area contributed by atoms with E-state index in [9.17, 15) is 0 Å². The molecule has 1 fully saturated rings. The molecule has 2 rings (SSSR count). The number of hydrogen-bond donors (Lipinski definition) is 2. The molecule has 0 atom stereocenters. The Balaban J connectivity index is 2.02. The van der Waals surface area contributed by atoms with Crippen LogP contribution in [0.1, 0.15) is 38.3 Å². The largest absolute Gasteiger partial charge is 0.367 e. The zero-order chi connectivity index (χ0) is 11.4. The van der Waals surface area contributed by atoms with Gasteiger partial charge in [-0.25, -0.2) is 4.98 Å². The highest BCUT2D eigenvalue weighted by atomic mass is 15.1. The molecule has 0 saturated heterocycles. The molecule has 0 aromatic carbocycles. The number of aromatic nitrogens is 2. The van der Waals surface area contributed by atoms with Crippen LogP contribution in [-0.2, 0) is 0 Å². The first-order valence-corrected chi connectivity index (χ1v) is 6.14. The van der Waals surface area contributed by atoms with Crippen molar-refractivity contribution < 1.29 is 0 Å². The van der Waals surface area contributed by atoms with E-state index in [1.165, 1.54) is 19.3 Å². The summed E-state index contributed by atoms with van der Waals surface area (Å²) in [6.45, 7) is 5.06. The average Bonchev–Trinajstić information content (AvgIpc) is 2.20. The van der Waals surface area contributed by atoms with Crippen molar-refractivity contribution in [3.8, 4) is 0 Å². The molecule has 88 valence electrons. The normalized spacial score (nSPS) is 15.6. The minimum Gasteiger partial charge on any atom is -0.367 e. The Kier molecular flexibility index (Phi) is 3.59. The van der Waals surface area contributed by atoms with Gasteiger partial charge in [0.15, 0.2) is 0 Å². The first-order chi connectivity index (χ1) is 7.78. The molecule has 1 aliphatic rings. The van der Waals surface area contributed by atoms with E-state index < -0.39 is 0 Å². The van der Waals surface area contributed by atoms with Crippen LogP contribution in [0.2, 0.25) is 0 Å². The maximum atomic E-state index is 4.46. The predicted molar refractivity (Wildman–Crippen MR) is 66.8 cm³/mol. The summed E-state index contributed by atoms with van der Waals surface area (Å²) in [6.07, 6.45) is 4.95. The van der Waals surface area contributed by atoms with E-state index in [-0.39, 0.29) is 0 Å². The maximum absolute atomic E-state index is 4.46. The first-order valence-electron chi connectivity index (χ1n) is 6.14. The lowest BCUT2D eigenvalue weighted by atomic mass is 9.93. The van der Waals surface area contributed by atoms with Gasteiger partial charge in [-0.1, -0.05) is 6.92 Å². The van der Waals surface area contributed by atoms with Gasteiger partial charge in [-0.3, -0.25) is 0 Å². The number of rotatable bonds is 5. The lowest BCUT2D eigenvalue weighted by Gasteiger charge is -2.27. The first kappa shape index (κ1) is 11.2. The second-order valence-electron chi connectivity index (χ2n) is 4.42. The van der Waals surface area contributed by atoms with Crippen LogP contribution in [0.3, 0.4) is 0 Å². The second kappa shape index (κ2) is 5.14. The topological polar surface area (TPSA) is 49.8 Å². The molecule has 1 aromatic heterocycles. The molecule has 1 heterocycles. The fraction of sp³-hybridized carbons (Fsp3) is 0.667. The molecule has 1 aliphatic carbocycles. The smallest absolute Gasteiger partial charge is 0.224 e. The van der Waals surface area contributed by atoms with Crippen molar-refractivity contribution in [3.63, 3.8) is 0 Å². The molecule has 0 aliphatic heterocycles. The number of aryl methyl sites for hydroxylation is 1. The van der Waals surface area contributed by atoms with Crippen LogP contribution in [0, 0.1) is 6.92 Å². The van der Waals surface area contributed by atoms with Gasteiger partial charge < -0.3 is 10.6 Å². The Morgan fingerprint density at radius 1 is 1.38 bits per heavy atom. The molecule has 0 radical (unpaired) electrons. The van der Waals surface area contributed by atoms with Gasteiger partial charge in [0.1, 0.15) is 5.82 Å². The molecule has 16 heavy (non-hydrogen) atoms. The molecule has 1 saturated carbocycles. The van der Waals surface area contributed by atoms with Gasteiger partial charge >= 0.3 is 0 Å². The Morgan fingerprint density at radius 2 is 2.19 bits per heavy atom. The van der Waals surface area contributed by atoms with Gasteiger partial charge in [0.05, 0.1) is 0 Å². The summed E-state index contributed by atoms with van der Waals surface area (Å²) in [5.74, 6) is 1.69. The van der Waals surface area contributed by atoms with E-state index in [4.69, 9.17) is 0 Å². The average molecular weight is 220 g/mol. The van der Waals surface area contributed by atoms with Crippen molar-refractivity contribution in [3.05, 3.63) is 11.8 Å². The van der Waals surface area contributed by atoms with E-state index in [1.807, 2.05) is 13.0 Å². The molecular formula is C12H20N4. The number of hydrogen-bond acceptors (Lipinski definition) is 4. The molecule has 0 spiro atoms. The quantitative estimate of drug-likeness (QED) is 0.800. The number of anilines is 2. The molecule has 2 N–H and O–H groups in total. The lowest BCUT2D eigenvalue weighted by Crippen LogP contribution is -2.27. The zero-order valence-corrected chi connectivity index (χ0v) is 10.1. The van der Waals surface area contributed by atoms with Crippen LogP contribution in [-0.4, -0.2) is 22.6 Å². The lowest BCUT2D eigenvalue weighted by molar-refractivity contribution is 0.444. The van der Waals surface area contributed by atoms with Gasteiger partial charge in [-0.15, -0.1) is 0 Å². The maximum Gasteiger partial charge on any atom is 0.224 e. The number of nitrogens with zero attached hydrogens (tertiary/aromatic N) is 2. The van der Waals surface area contributed by atoms with E-state index in [2.05, 4.69) is 27.5 Å². The molecule has 4 heteroatoms. The zero-order valence-electron chi connectivity index (χ0n) is 10.1. The summed E-state index contributed by atoms with van der Waals surface area (Å²) in [6, 6.07) is 2.63. The molecule has 0 unspecified atom stereocenters. The third-order valence-electron chi connectivity index (χ3n) is 2.84.